The summed E-state index contributed by atoms with van der Waals surface area (Å²) < 4.78 is 13.2. The molecule has 2 aromatic carbocycles. The second kappa shape index (κ2) is 5.61. The smallest absolute Gasteiger partial charge is 0.248 e. The molecule has 4 nitrogen and oxygen atoms in total. The number of nitrogens with one attached hydrogen (secondary N) is 1. The minimum absolute atomic E-state index is 0.0115. The first-order chi connectivity index (χ1) is 9.47. The van der Waals surface area contributed by atoms with E-state index in [1.54, 1.807) is 31.2 Å². The van der Waals surface area contributed by atoms with Gasteiger partial charge in [-0.2, -0.15) is 0 Å². The Morgan fingerprint density at radius 3 is 2.75 bits per heavy atom. The molecule has 1 unspecified atom stereocenters. The Morgan fingerprint density at radius 1 is 1.30 bits per heavy atom. The van der Waals surface area contributed by atoms with Crippen molar-refractivity contribution in [1.29, 1.82) is 0 Å². The number of phenolic OH excluding ortho intramolecular Hbond substituents is 1. The van der Waals surface area contributed by atoms with Crippen molar-refractivity contribution in [2.24, 2.45) is 5.73 Å². The van der Waals surface area contributed by atoms with E-state index in [4.69, 9.17) is 5.73 Å². The van der Waals surface area contributed by atoms with Gasteiger partial charge in [0.25, 0.3) is 0 Å². The second-order valence-electron chi connectivity index (χ2n) is 4.51. The van der Waals surface area contributed by atoms with Crippen LogP contribution in [0.2, 0.25) is 0 Å². The van der Waals surface area contributed by atoms with Crippen LogP contribution in [0.3, 0.4) is 0 Å². The third-order valence-electron chi connectivity index (χ3n) is 2.99. The summed E-state index contributed by atoms with van der Waals surface area (Å²) in [6.45, 7) is 1.78. The van der Waals surface area contributed by atoms with Gasteiger partial charge in [0.1, 0.15) is 11.6 Å². The second-order valence-corrected chi connectivity index (χ2v) is 4.51. The van der Waals surface area contributed by atoms with Crippen LogP contribution < -0.4 is 11.1 Å². The van der Waals surface area contributed by atoms with Gasteiger partial charge in [0.15, 0.2) is 0 Å². The Morgan fingerprint density at radius 2 is 2.05 bits per heavy atom. The number of anilines is 1. The topological polar surface area (TPSA) is 75.3 Å². The maximum absolute atomic E-state index is 13.2. The number of rotatable bonds is 4. The normalized spacial score (nSPS) is 11.9. The van der Waals surface area contributed by atoms with E-state index in [1.807, 2.05) is 0 Å². The number of carbonyl (C=O) groups is 1. The van der Waals surface area contributed by atoms with Crippen LogP contribution in [-0.2, 0) is 0 Å². The number of primary amides is 1. The molecular formula is C15H15FN2O2. The van der Waals surface area contributed by atoms with Crippen molar-refractivity contribution in [3.63, 3.8) is 0 Å². The molecule has 104 valence electrons. The first-order valence-electron chi connectivity index (χ1n) is 6.12. The Kier molecular flexibility index (Phi) is 3.89. The zero-order chi connectivity index (χ0) is 14.7. The van der Waals surface area contributed by atoms with E-state index >= 15 is 0 Å². The highest BCUT2D eigenvalue weighted by Gasteiger charge is 2.12. The molecule has 0 saturated heterocycles. The molecule has 1 amide bonds. The standard InChI is InChI=1S/C15H15FN2O2/c1-9(13-8-11(16)5-6-14(13)19)18-12-4-2-3-10(7-12)15(17)20/h2-9,18-19H,1H3,(H2,17,20). The van der Waals surface area contributed by atoms with E-state index in [2.05, 4.69) is 5.32 Å². The lowest BCUT2D eigenvalue weighted by atomic mass is 10.1. The number of amides is 1. The molecule has 0 spiro atoms. The molecule has 5 heteroatoms. The molecule has 0 heterocycles. The van der Waals surface area contributed by atoms with Crippen LogP contribution in [0, 0.1) is 5.82 Å². The van der Waals surface area contributed by atoms with Gasteiger partial charge >= 0.3 is 0 Å². The Balaban J connectivity index is 2.23. The summed E-state index contributed by atoms with van der Waals surface area (Å²) in [6.07, 6.45) is 0. The van der Waals surface area contributed by atoms with Gasteiger partial charge in [0, 0.05) is 16.8 Å². The molecule has 0 aliphatic rings. The molecule has 0 radical (unpaired) electrons. The van der Waals surface area contributed by atoms with Crippen molar-refractivity contribution in [2.45, 2.75) is 13.0 Å². The zero-order valence-corrected chi connectivity index (χ0v) is 10.9. The monoisotopic (exact) mass is 274 g/mol. The molecular weight excluding hydrogens is 259 g/mol. The van der Waals surface area contributed by atoms with Crippen molar-refractivity contribution in [3.8, 4) is 5.75 Å². The van der Waals surface area contributed by atoms with Crippen molar-refractivity contribution >= 4 is 11.6 Å². The summed E-state index contributed by atoms with van der Waals surface area (Å²) in [5.41, 5.74) is 6.70. The van der Waals surface area contributed by atoms with E-state index < -0.39 is 11.7 Å². The van der Waals surface area contributed by atoms with Crippen LogP contribution in [0.4, 0.5) is 10.1 Å². The molecule has 0 fully saturated rings. The Hall–Kier alpha value is -2.56. The number of benzene rings is 2. The molecule has 1 atom stereocenters. The SMILES string of the molecule is CC(Nc1cccc(C(N)=O)c1)c1cc(F)ccc1O. The maximum Gasteiger partial charge on any atom is 0.248 e. The summed E-state index contributed by atoms with van der Waals surface area (Å²) in [7, 11) is 0. The van der Waals surface area contributed by atoms with Crippen LogP contribution >= 0.6 is 0 Å². The minimum atomic E-state index is -0.519. The van der Waals surface area contributed by atoms with Gasteiger partial charge < -0.3 is 16.2 Å². The molecule has 0 aromatic heterocycles. The average molecular weight is 274 g/mol. The number of nitrogens with two attached hydrogens (primary N) is 1. The van der Waals surface area contributed by atoms with Crippen molar-refractivity contribution in [2.75, 3.05) is 5.32 Å². The lowest BCUT2D eigenvalue weighted by Crippen LogP contribution is -2.12. The molecule has 0 bridgehead atoms. The first kappa shape index (κ1) is 13.9. The predicted octanol–water partition coefficient (Wildman–Crippen LogP) is 2.80. The number of hydrogen-bond donors (Lipinski definition) is 3. The van der Waals surface area contributed by atoms with Crippen LogP contribution in [0.5, 0.6) is 5.75 Å². The van der Waals surface area contributed by atoms with Crippen LogP contribution in [0.25, 0.3) is 0 Å². The van der Waals surface area contributed by atoms with Crippen molar-refractivity contribution in [3.05, 3.63) is 59.4 Å². The minimum Gasteiger partial charge on any atom is -0.508 e. The van der Waals surface area contributed by atoms with Gasteiger partial charge in [0.05, 0.1) is 6.04 Å². The van der Waals surface area contributed by atoms with Gasteiger partial charge in [-0.25, -0.2) is 4.39 Å². The van der Waals surface area contributed by atoms with Gasteiger partial charge in [-0.3, -0.25) is 4.79 Å². The molecule has 2 aromatic rings. The highest BCUT2D eigenvalue weighted by Crippen LogP contribution is 2.27. The quantitative estimate of drug-likeness (QED) is 0.802. The van der Waals surface area contributed by atoms with E-state index in [0.717, 1.165) is 0 Å². The third kappa shape index (κ3) is 3.06. The lowest BCUT2D eigenvalue weighted by Gasteiger charge is -2.17. The molecule has 0 saturated carbocycles. The average Bonchev–Trinajstić information content (AvgIpc) is 2.41. The molecule has 2 rings (SSSR count). The summed E-state index contributed by atoms with van der Waals surface area (Å²) in [5.74, 6) is -0.926. The zero-order valence-electron chi connectivity index (χ0n) is 10.9. The van der Waals surface area contributed by atoms with Gasteiger partial charge in [-0.1, -0.05) is 6.07 Å². The number of carbonyl (C=O) groups excluding carboxylic acids is 1. The lowest BCUT2D eigenvalue weighted by molar-refractivity contribution is 0.100. The summed E-state index contributed by atoms with van der Waals surface area (Å²) in [4.78, 5) is 11.1. The van der Waals surface area contributed by atoms with E-state index in [9.17, 15) is 14.3 Å². The third-order valence-corrected chi connectivity index (χ3v) is 2.99. The van der Waals surface area contributed by atoms with E-state index in [1.165, 1.54) is 18.2 Å². The number of hydrogen-bond acceptors (Lipinski definition) is 3. The van der Waals surface area contributed by atoms with Crippen LogP contribution in [-0.4, -0.2) is 11.0 Å². The predicted molar refractivity (Wildman–Crippen MR) is 75.1 cm³/mol. The number of aromatic hydroxyl groups is 1. The first-order valence-corrected chi connectivity index (χ1v) is 6.12. The molecule has 0 aliphatic heterocycles. The van der Waals surface area contributed by atoms with Crippen LogP contribution in [0.1, 0.15) is 28.9 Å². The van der Waals surface area contributed by atoms with Crippen molar-refractivity contribution in [1.82, 2.24) is 0 Å². The number of phenols is 1. The summed E-state index contributed by atoms with van der Waals surface area (Å²) in [5, 5.41) is 12.8. The largest absolute Gasteiger partial charge is 0.508 e. The van der Waals surface area contributed by atoms with Gasteiger partial charge in [0.2, 0.25) is 5.91 Å². The van der Waals surface area contributed by atoms with Crippen LogP contribution in [0.15, 0.2) is 42.5 Å². The highest BCUT2D eigenvalue weighted by molar-refractivity contribution is 5.93. The number of halogens is 1. The molecule has 20 heavy (non-hydrogen) atoms. The Bertz CT molecular complexity index is 644. The fourth-order valence-electron chi connectivity index (χ4n) is 1.96. The van der Waals surface area contributed by atoms with Crippen molar-refractivity contribution < 1.29 is 14.3 Å². The molecule has 0 aliphatic carbocycles. The van der Waals surface area contributed by atoms with E-state index in [0.29, 0.717) is 16.8 Å². The molecule has 4 N–H and O–H groups in total. The van der Waals surface area contributed by atoms with E-state index in [-0.39, 0.29) is 11.8 Å². The maximum atomic E-state index is 13.2. The fraction of sp³-hybridized carbons (Fsp3) is 0.133. The Labute approximate surface area is 116 Å². The highest BCUT2D eigenvalue weighted by atomic mass is 19.1. The summed E-state index contributed by atoms with van der Waals surface area (Å²) >= 11 is 0. The van der Waals surface area contributed by atoms with Gasteiger partial charge in [-0.15, -0.1) is 0 Å². The summed E-state index contributed by atoms with van der Waals surface area (Å²) in [6, 6.07) is 10.1. The fourth-order valence-corrected chi connectivity index (χ4v) is 1.96. The van der Waals surface area contributed by atoms with Gasteiger partial charge in [-0.05, 0) is 43.3 Å².